The SMILES string of the molecule is O=c1c2ccccc2c(C=Nc2c(Cl)cncc2Cl)c(O)n1-c1ccccn1. The topological polar surface area (TPSA) is 80.4 Å². The van der Waals surface area contributed by atoms with E-state index in [0.29, 0.717) is 27.8 Å². The van der Waals surface area contributed by atoms with Gasteiger partial charge in [-0.05, 0) is 18.2 Å². The molecule has 0 aliphatic heterocycles. The highest BCUT2D eigenvalue weighted by molar-refractivity contribution is 6.38. The number of rotatable bonds is 3. The molecular weight excluding hydrogens is 399 g/mol. The first kappa shape index (κ1) is 18.2. The van der Waals surface area contributed by atoms with Crippen LogP contribution in [0.15, 0.2) is 70.8 Å². The zero-order chi connectivity index (χ0) is 19.7. The van der Waals surface area contributed by atoms with Gasteiger partial charge in [0.25, 0.3) is 5.56 Å². The van der Waals surface area contributed by atoms with Crippen molar-refractivity contribution in [2.75, 3.05) is 0 Å². The molecule has 0 aliphatic rings. The number of nitrogens with zero attached hydrogens (tertiary/aromatic N) is 4. The third kappa shape index (κ3) is 3.13. The molecule has 6 nitrogen and oxygen atoms in total. The van der Waals surface area contributed by atoms with Gasteiger partial charge in [0, 0.05) is 35.6 Å². The maximum Gasteiger partial charge on any atom is 0.267 e. The average molecular weight is 411 g/mol. The van der Waals surface area contributed by atoms with Crippen molar-refractivity contribution in [2.45, 2.75) is 0 Å². The minimum Gasteiger partial charge on any atom is -0.494 e. The number of pyridine rings is 3. The number of hydrogen-bond donors (Lipinski definition) is 1. The monoisotopic (exact) mass is 410 g/mol. The lowest BCUT2D eigenvalue weighted by Gasteiger charge is -2.12. The molecule has 0 amide bonds. The Morgan fingerprint density at radius 2 is 1.68 bits per heavy atom. The van der Waals surface area contributed by atoms with E-state index in [4.69, 9.17) is 23.2 Å². The molecule has 28 heavy (non-hydrogen) atoms. The Hall–Kier alpha value is -3.22. The van der Waals surface area contributed by atoms with Crippen molar-refractivity contribution in [2.24, 2.45) is 4.99 Å². The second-order valence-corrected chi connectivity index (χ2v) is 6.64. The summed E-state index contributed by atoms with van der Waals surface area (Å²) in [6, 6.07) is 12.0. The van der Waals surface area contributed by atoms with Crippen LogP contribution >= 0.6 is 23.2 Å². The summed E-state index contributed by atoms with van der Waals surface area (Å²) in [5.41, 5.74) is 0.270. The third-order valence-corrected chi connectivity index (χ3v) is 4.69. The minimum absolute atomic E-state index is 0.269. The number of aromatic hydroxyl groups is 1. The standard InChI is InChI=1S/C20H12Cl2N4O2/c21-15-10-23-11-16(22)18(15)25-9-14-12-5-1-2-6-13(12)19(27)26(20(14)28)17-7-3-4-8-24-17/h1-11,28H. The Kier molecular flexibility index (Phi) is 4.81. The zero-order valence-corrected chi connectivity index (χ0v) is 15.8. The Bertz CT molecular complexity index is 1250. The maximum atomic E-state index is 13.0. The van der Waals surface area contributed by atoms with Gasteiger partial charge < -0.3 is 5.11 Å². The molecule has 0 aliphatic carbocycles. The molecule has 0 unspecified atom stereocenters. The van der Waals surface area contributed by atoms with Crippen LogP contribution in [0.4, 0.5) is 5.69 Å². The highest BCUT2D eigenvalue weighted by Gasteiger charge is 2.17. The van der Waals surface area contributed by atoms with Gasteiger partial charge in [0.05, 0.1) is 15.6 Å². The lowest BCUT2D eigenvalue weighted by molar-refractivity contribution is 0.435. The van der Waals surface area contributed by atoms with E-state index in [1.54, 1.807) is 48.7 Å². The first-order valence-electron chi connectivity index (χ1n) is 8.19. The molecule has 0 fully saturated rings. The molecule has 0 bridgehead atoms. The highest BCUT2D eigenvalue weighted by Crippen LogP contribution is 2.32. The van der Waals surface area contributed by atoms with Gasteiger partial charge in [0.15, 0.2) is 0 Å². The molecular formula is C20H12Cl2N4O2. The van der Waals surface area contributed by atoms with Crippen molar-refractivity contribution in [3.63, 3.8) is 0 Å². The first-order valence-corrected chi connectivity index (χ1v) is 8.94. The van der Waals surface area contributed by atoms with Crippen molar-refractivity contribution < 1.29 is 5.11 Å². The number of benzene rings is 1. The minimum atomic E-state index is -0.385. The van der Waals surface area contributed by atoms with E-state index in [0.717, 1.165) is 4.57 Å². The van der Waals surface area contributed by atoms with Gasteiger partial charge in [-0.2, -0.15) is 0 Å². The zero-order valence-electron chi connectivity index (χ0n) is 14.3. The molecule has 4 rings (SSSR count). The molecule has 0 saturated carbocycles. The van der Waals surface area contributed by atoms with Crippen LogP contribution in [0.25, 0.3) is 16.6 Å². The van der Waals surface area contributed by atoms with E-state index >= 15 is 0 Å². The fourth-order valence-corrected chi connectivity index (χ4v) is 3.31. The summed E-state index contributed by atoms with van der Waals surface area (Å²) in [6.07, 6.45) is 5.81. The first-order chi connectivity index (χ1) is 13.6. The smallest absolute Gasteiger partial charge is 0.267 e. The third-order valence-electron chi connectivity index (χ3n) is 4.13. The molecule has 1 aromatic carbocycles. The van der Waals surface area contributed by atoms with Gasteiger partial charge in [-0.25, -0.2) is 9.55 Å². The van der Waals surface area contributed by atoms with Crippen molar-refractivity contribution in [1.82, 2.24) is 14.5 Å². The van der Waals surface area contributed by atoms with Crippen molar-refractivity contribution in [3.05, 3.63) is 87.0 Å². The van der Waals surface area contributed by atoms with Crippen molar-refractivity contribution in [1.29, 1.82) is 0 Å². The van der Waals surface area contributed by atoms with Crippen molar-refractivity contribution in [3.8, 4) is 11.7 Å². The Labute approximate surface area is 169 Å². The molecule has 3 heterocycles. The van der Waals surface area contributed by atoms with Gasteiger partial charge in [-0.3, -0.25) is 14.8 Å². The van der Waals surface area contributed by atoms with E-state index in [-0.39, 0.29) is 21.5 Å². The van der Waals surface area contributed by atoms with E-state index in [1.165, 1.54) is 18.6 Å². The van der Waals surface area contributed by atoms with E-state index in [9.17, 15) is 9.90 Å². The molecule has 0 atom stereocenters. The normalized spacial score (nSPS) is 11.4. The summed E-state index contributed by atoms with van der Waals surface area (Å²) in [5, 5.41) is 12.4. The summed E-state index contributed by atoms with van der Waals surface area (Å²) in [7, 11) is 0. The van der Waals surface area contributed by atoms with Crippen LogP contribution in [0.2, 0.25) is 10.0 Å². The van der Waals surface area contributed by atoms with E-state index in [1.807, 2.05) is 0 Å². The second kappa shape index (κ2) is 7.42. The summed E-state index contributed by atoms with van der Waals surface area (Å²) in [4.78, 5) is 25.3. The van der Waals surface area contributed by atoms with Crippen molar-refractivity contribution >= 4 is 45.9 Å². The molecule has 3 aromatic heterocycles. The second-order valence-electron chi connectivity index (χ2n) is 5.82. The van der Waals surface area contributed by atoms with Gasteiger partial charge >= 0.3 is 0 Å². The summed E-state index contributed by atoms with van der Waals surface area (Å²) < 4.78 is 1.14. The fourth-order valence-electron chi connectivity index (χ4n) is 2.84. The van der Waals surface area contributed by atoms with Gasteiger partial charge in [0.2, 0.25) is 5.88 Å². The summed E-state index contributed by atoms with van der Waals surface area (Å²) in [5.74, 6) is 0.0119. The Morgan fingerprint density at radius 3 is 2.36 bits per heavy atom. The predicted octanol–water partition coefficient (Wildman–Crippen LogP) is 4.54. The maximum absolute atomic E-state index is 13.0. The molecule has 0 radical (unpaired) electrons. The molecule has 8 heteroatoms. The molecule has 4 aromatic rings. The van der Waals surface area contributed by atoms with Crippen LogP contribution in [0, 0.1) is 0 Å². The highest BCUT2D eigenvalue weighted by atomic mass is 35.5. The van der Waals surface area contributed by atoms with Crippen LogP contribution in [0.1, 0.15) is 5.56 Å². The molecule has 138 valence electrons. The van der Waals surface area contributed by atoms with E-state index in [2.05, 4.69) is 15.0 Å². The van der Waals surface area contributed by atoms with Gasteiger partial charge in [-0.1, -0.05) is 47.5 Å². The number of aromatic nitrogens is 3. The molecule has 0 spiro atoms. The number of fused-ring (bicyclic) bond motifs is 1. The fraction of sp³-hybridized carbons (Fsp3) is 0. The van der Waals surface area contributed by atoms with Gasteiger partial charge in [-0.15, -0.1) is 0 Å². The quantitative estimate of drug-likeness (QED) is 0.502. The van der Waals surface area contributed by atoms with Crippen LogP contribution < -0.4 is 5.56 Å². The summed E-state index contributed by atoms with van der Waals surface area (Å²) >= 11 is 12.2. The van der Waals surface area contributed by atoms with E-state index < -0.39 is 0 Å². The lowest BCUT2D eigenvalue weighted by atomic mass is 10.1. The molecule has 0 saturated heterocycles. The Balaban J connectivity index is 2.01. The van der Waals surface area contributed by atoms with Crippen LogP contribution in [-0.2, 0) is 0 Å². The number of hydrogen-bond acceptors (Lipinski definition) is 5. The molecule has 1 N–H and O–H groups in total. The summed E-state index contributed by atoms with van der Waals surface area (Å²) in [6.45, 7) is 0. The largest absolute Gasteiger partial charge is 0.494 e. The van der Waals surface area contributed by atoms with Crippen LogP contribution in [0.3, 0.4) is 0 Å². The van der Waals surface area contributed by atoms with Crippen LogP contribution in [-0.4, -0.2) is 25.9 Å². The number of halogens is 2. The average Bonchev–Trinajstić information content (AvgIpc) is 2.70. The lowest BCUT2D eigenvalue weighted by Crippen LogP contribution is -2.20. The van der Waals surface area contributed by atoms with Crippen LogP contribution in [0.5, 0.6) is 5.88 Å². The number of aliphatic imine (C=N–C) groups is 1. The Morgan fingerprint density at radius 1 is 1.00 bits per heavy atom. The van der Waals surface area contributed by atoms with Gasteiger partial charge in [0.1, 0.15) is 11.5 Å². The predicted molar refractivity (Wildman–Crippen MR) is 111 cm³/mol.